The van der Waals surface area contributed by atoms with Gasteiger partial charge in [-0.25, -0.2) is 0 Å². The summed E-state index contributed by atoms with van der Waals surface area (Å²) in [6, 6.07) is 3.81. The molecule has 0 aliphatic rings. The first-order chi connectivity index (χ1) is 5.29. The number of aliphatic hydroxyl groups excluding tert-OH is 1. The van der Waals surface area contributed by atoms with Crippen LogP contribution in [0.4, 0.5) is 0 Å². The van der Waals surface area contributed by atoms with Gasteiger partial charge in [-0.2, -0.15) is 11.8 Å². The predicted molar refractivity (Wildman–Crippen MR) is 46.6 cm³/mol. The van der Waals surface area contributed by atoms with Crippen molar-refractivity contribution in [2.75, 3.05) is 5.75 Å². The fraction of sp³-hybridized carbons (Fsp3) is 0.500. The molecule has 0 radical (unpaired) electrons. The molecule has 0 aliphatic carbocycles. The van der Waals surface area contributed by atoms with Gasteiger partial charge in [0.15, 0.2) is 0 Å². The highest BCUT2D eigenvalue weighted by atomic mass is 32.2. The highest BCUT2D eigenvalue weighted by Crippen LogP contribution is 2.12. The molecule has 2 nitrogen and oxygen atoms in total. The van der Waals surface area contributed by atoms with Crippen LogP contribution in [0.3, 0.4) is 0 Å². The second-order valence-corrected chi connectivity index (χ2v) is 3.47. The monoisotopic (exact) mass is 172 g/mol. The van der Waals surface area contributed by atoms with Gasteiger partial charge in [0, 0.05) is 5.75 Å². The minimum atomic E-state index is -0.227. The van der Waals surface area contributed by atoms with Crippen LogP contribution in [0.2, 0.25) is 0 Å². The average Bonchev–Trinajstić information content (AvgIpc) is 2.39. The first-order valence-electron chi connectivity index (χ1n) is 3.57. The van der Waals surface area contributed by atoms with Gasteiger partial charge in [-0.1, -0.05) is 0 Å². The molecule has 0 spiro atoms. The van der Waals surface area contributed by atoms with Gasteiger partial charge in [-0.15, -0.1) is 0 Å². The molecule has 11 heavy (non-hydrogen) atoms. The van der Waals surface area contributed by atoms with E-state index in [-0.39, 0.29) is 6.10 Å². The van der Waals surface area contributed by atoms with Gasteiger partial charge in [0.25, 0.3) is 0 Å². The minimum Gasteiger partial charge on any atom is -0.468 e. The molecule has 1 atom stereocenters. The van der Waals surface area contributed by atoms with Crippen molar-refractivity contribution < 1.29 is 9.52 Å². The molecule has 0 aliphatic heterocycles. The van der Waals surface area contributed by atoms with Crippen molar-refractivity contribution in [3.05, 3.63) is 24.2 Å². The Bertz CT molecular complexity index is 182. The van der Waals surface area contributed by atoms with E-state index in [1.165, 1.54) is 0 Å². The fourth-order valence-electron chi connectivity index (χ4n) is 0.725. The third-order valence-electron chi connectivity index (χ3n) is 1.18. The molecule has 3 heteroatoms. The zero-order chi connectivity index (χ0) is 8.10. The molecule has 0 bridgehead atoms. The molecule has 1 aromatic rings. The summed E-state index contributed by atoms with van der Waals surface area (Å²) in [5, 5.41) is 8.93. The number of rotatable bonds is 4. The quantitative estimate of drug-likeness (QED) is 0.753. The SMILES string of the molecule is CC(O)CSCc1ccco1. The Labute approximate surface area is 70.6 Å². The Morgan fingerprint density at radius 3 is 3.09 bits per heavy atom. The van der Waals surface area contributed by atoms with Crippen LogP contribution >= 0.6 is 11.8 Å². The van der Waals surface area contributed by atoms with Crippen molar-refractivity contribution in [2.24, 2.45) is 0 Å². The lowest BCUT2D eigenvalue weighted by Crippen LogP contribution is -2.02. The summed E-state index contributed by atoms with van der Waals surface area (Å²) in [5.41, 5.74) is 0. The summed E-state index contributed by atoms with van der Waals surface area (Å²) < 4.78 is 5.11. The number of furan rings is 1. The van der Waals surface area contributed by atoms with E-state index < -0.39 is 0 Å². The van der Waals surface area contributed by atoms with Crippen LogP contribution in [0.1, 0.15) is 12.7 Å². The normalized spacial score (nSPS) is 13.3. The van der Waals surface area contributed by atoms with Crippen LogP contribution in [0, 0.1) is 0 Å². The molecule has 0 amide bonds. The van der Waals surface area contributed by atoms with E-state index in [4.69, 9.17) is 9.52 Å². The molecule has 1 N–H and O–H groups in total. The molecular formula is C8H12O2S. The van der Waals surface area contributed by atoms with Gasteiger partial charge >= 0.3 is 0 Å². The number of thioether (sulfide) groups is 1. The maximum atomic E-state index is 8.93. The first-order valence-corrected chi connectivity index (χ1v) is 4.72. The van der Waals surface area contributed by atoms with Crippen molar-refractivity contribution in [3.8, 4) is 0 Å². The molecule has 1 heterocycles. The van der Waals surface area contributed by atoms with Gasteiger partial charge < -0.3 is 9.52 Å². The third kappa shape index (κ3) is 3.49. The van der Waals surface area contributed by atoms with Crippen molar-refractivity contribution in [1.29, 1.82) is 0 Å². The Morgan fingerprint density at radius 2 is 2.55 bits per heavy atom. The van der Waals surface area contributed by atoms with E-state index in [1.54, 1.807) is 24.9 Å². The molecule has 0 fully saturated rings. The Balaban J connectivity index is 2.14. The topological polar surface area (TPSA) is 33.4 Å². The van der Waals surface area contributed by atoms with E-state index >= 15 is 0 Å². The minimum absolute atomic E-state index is 0.227. The largest absolute Gasteiger partial charge is 0.468 e. The van der Waals surface area contributed by atoms with Crippen molar-refractivity contribution in [3.63, 3.8) is 0 Å². The van der Waals surface area contributed by atoms with E-state index in [0.29, 0.717) is 0 Å². The van der Waals surface area contributed by atoms with Gasteiger partial charge in [0.05, 0.1) is 18.1 Å². The summed E-state index contributed by atoms with van der Waals surface area (Å²) in [5.74, 6) is 2.58. The molecule has 0 saturated carbocycles. The molecule has 1 rings (SSSR count). The summed E-state index contributed by atoms with van der Waals surface area (Å²) in [4.78, 5) is 0. The molecule has 0 saturated heterocycles. The average molecular weight is 172 g/mol. The molecule has 1 unspecified atom stereocenters. The molecule has 1 aromatic heterocycles. The molecule has 0 aromatic carbocycles. The Kier molecular flexibility index (Phi) is 3.52. The van der Waals surface area contributed by atoms with Crippen molar-refractivity contribution in [1.82, 2.24) is 0 Å². The van der Waals surface area contributed by atoms with Crippen LogP contribution in [0.5, 0.6) is 0 Å². The second kappa shape index (κ2) is 4.46. The van der Waals surface area contributed by atoms with E-state index in [0.717, 1.165) is 17.3 Å². The lowest BCUT2D eigenvalue weighted by molar-refractivity contribution is 0.220. The summed E-state index contributed by atoms with van der Waals surface area (Å²) in [6.07, 6.45) is 1.44. The number of hydrogen-bond donors (Lipinski definition) is 1. The zero-order valence-corrected chi connectivity index (χ0v) is 7.30. The summed E-state index contributed by atoms with van der Waals surface area (Å²) >= 11 is 1.68. The smallest absolute Gasteiger partial charge is 0.113 e. The van der Waals surface area contributed by atoms with Crippen LogP contribution < -0.4 is 0 Å². The molecule has 62 valence electrons. The summed E-state index contributed by atoms with van der Waals surface area (Å²) in [6.45, 7) is 1.79. The van der Waals surface area contributed by atoms with Gasteiger partial charge in [-0.05, 0) is 19.1 Å². The van der Waals surface area contributed by atoms with Crippen molar-refractivity contribution >= 4 is 11.8 Å². The zero-order valence-electron chi connectivity index (χ0n) is 6.49. The van der Waals surface area contributed by atoms with Crippen LogP contribution in [0.25, 0.3) is 0 Å². The van der Waals surface area contributed by atoms with Gasteiger partial charge in [0.1, 0.15) is 5.76 Å². The predicted octanol–water partition coefficient (Wildman–Crippen LogP) is 1.89. The third-order valence-corrected chi connectivity index (χ3v) is 2.39. The van der Waals surface area contributed by atoms with Gasteiger partial charge in [-0.3, -0.25) is 0 Å². The standard InChI is InChI=1S/C8H12O2S/c1-7(9)5-11-6-8-3-2-4-10-8/h2-4,7,9H,5-6H2,1H3. The number of hydrogen-bond acceptors (Lipinski definition) is 3. The Morgan fingerprint density at radius 1 is 1.73 bits per heavy atom. The first kappa shape index (κ1) is 8.68. The summed E-state index contributed by atoms with van der Waals surface area (Å²) in [7, 11) is 0. The van der Waals surface area contributed by atoms with Gasteiger partial charge in [0.2, 0.25) is 0 Å². The Hall–Kier alpha value is -0.410. The van der Waals surface area contributed by atoms with E-state index in [9.17, 15) is 0 Å². The lowest BCUT2D eigenvalue weighted by Gasteiger charge is -2.00. The molecular weight excluding hydrogens is 160 g/mol. The second-order valence-electron chi connectivity index (χ2n) is 2.44. The highest BCUT2D eigenvalue weighted by molar-refractivity contribution is 7.98. The van der Waals surface area contributed by atoms with Crippen LogP contribution in [-0.2, 0) is 5.75 Å². The maximum absolute atomic E-state index is 8.93. The van der Waals surface area contributed by atoms with Crippen molar-refractivity contribution in [2.45, 2.75) is 18.8 Å². The lowest BCUT2D eigenvalue weighted by atomic mass is 10.5. The number of aliphatic hydroxyl groups is 1. The van der Waals surface area contributed by atoms with Crippen LogP contribution in [0.15, 0.2) is 22.8 Å². The van der Waals surface area contributed by atoms with Crippen LogP contribution in [-0.4, -0.2) is 17.0 Å². The fourth-order valence-corrected chi connectivity index (χ4v) is 1.55. The highest BCUT2D eigenvalue weighted by Gasteiger charge is 1.98. The van der Waals surface area contributed by atoms with E-state index in [1.807, 2.05) is 12.1 Å². The maximum Gasteiger partial charge on any atom is 0.113 e. The van der Waals surface area contributed by atoms with E-state index in [2.05, 4.69) is 0 Å².